The molecule has 0 aliphatic carbocycles. The van der Waals surface area contributed by atoms with Crippen LogP contribution in [0.15, 0.2) is 18.3 Å². The van der Waals surface area contributed by atoms with E-state index in [0.29, 0.717) is 19.5 Å². The second-order valence-corrected chi connectivity index (χ2v) is 5.52. The number of nitrogens with one attached hydrogen (secondary N) is 1. The topological polar surface area (TPSA) is 37.3 Å². The van der Waals surface area contributed by atoms with Crippen molar-refractivity contribution in [3.05, 3.63) is 24.0 Å². The van der Waals surface area contributed by atoms with Crippen molar-refractivity contribution in [2.45, 2.75) is 25.6 Å². The molecule has 2 rings (SSSR count). The fourth-order valence-electron chi connectivity index (χ4n) is 2.63. The van der Waals surface area contributed by atoms with E-state index < -0.39 is 18.6 Å². The largest absolute Gasteiger partial charge is 0.405 e. The zero-order valence-electron chi connectivity index (χ0n) is 12.0. The molecule has 1 atom stereocenters. The Morgan fingerprint density at radius 1 is 1.48 bits per heavy atom. The SMILES string of the molecule is Cn1cccc1CN1CCCC(C(=O)NCC(F)(F)F)C1. The van der Waals surface area contributed by atoms with Crippen molar-refractivity contribution in [2.75, 3.05) is 19.6 Å². The molecule has 1 amide bonds. The number of aromatic nitrogens is 1. The molecule has 4 nitrogen and oxygen atoms in total. The quantitative estimate of drug-likeness (QED) is 0.922. The summed E-state index contributed by atoms with van der Waals surface area (Å²) in [5.41, 5.74) is 1.13. The van der Waals surface area contributed by atoms with Crippen molar-refractivity contribution in [2.24, 2.45) is 13.0 Å². The summed E-state index contributed by atoms with van der Waals surface area (Å²) >= 11 is 0. The zero-order valence-corrected chi connectivity index (χ0v) is 12.0. The van der Waals surface area contributed by atoms with Crippen LogP contribution >= 0.6 is 0 Å². The van der Waals surface area contributed by atoms with Gasteiger partial charge in [0.25, 0.3) is 0 Å². The summed E-state index contributed by atoms with van der Waals surface area (Å²) in [4.78, 5) is 13.9. The van der Waals surface area contributed by atoms with Crippen LogP contribution < -0.4 is 5.32 Å². The first-order chi connectivity index (χ1) is 9.85. The van der Waals surface area contributed by atoms with Gasteiger partial charge in [0.2, 0.25) is 5.91 Å². The maximum Gasteiger partial charge on any atom is 0.405 e. The Bertz CT molecular complexity index is 484. The molecule has 2 heterocycles. The van der Waals surface area contributed by atoms with Gasteiger partial charge in [-0.3, -0.25) is 9.69 Å². The Hall–Kier alpha value is -1.50. The van der Waals surface area contributed by atoms with E-state index in [1.807, 2.05) is 35.3 Å². The number of halogens is 3. The number of amides is 1. The first-order valence-electron chi connectivity index (χ1n) is 7.02. The molecule has 7 heteroatoms. The summed E-state index contributed by atoms with van der Waals surface area (Å²) in [6.45, 7) is 0.843. The Morgan fingerprint density at radius 2 is 2.24 bits per heavy atom. The van der Waals surface area contributed by atoms with Crippen LogP contribution in [-0.2, 0) is 18.4 Å². The number of hydrogen-bond acceptors (Lipinski definition) is 2. The average Bonchev–Trinajstić information content (AvgIpc) is 2.81. The van der Waals surface area contributed by atoms with Gasteiger partial charge in [0.05, 0.1) is 5.92 Å². The summed E-state index contributed by atoms with van der Waals surface area (Å²) in [5.74, 6) is -0.856. The third-order valence-corrected chi connectivity index (χ3v) is 3.78. The first kappa shape index (κ1) is 15.9. The molecule has 0 spiro atoms. The van der Waals surface area contributed by atoms with E-state index >= 15 is 0 Å². The molecule has 21 heavy (non-hydrogen) atoms. The lowest BCUT2D eigenvalue weighted by molar-refractivity contribution is -0.141. The third kappa shape index (κ3) is 4.77. The second-order valence-electron chi connectivity index (χ2n) is 5.52. The van der Waals surface area contributed by atoms with Gasteiger partial charge in [0.1, 0.15) is 6.54 Å². The molecule has 1 aliphatic rings. The van der Waals surface area contributed by atoms with Gasteiger partial charge in [0, 0.05) is 32.0 Å². The van der Waals surface area contributed by atoms with Gasteiger partial charge in [0.15, 0.2) is 0 Å². The van der Waals surface area contributed by atoms with E-state index in [2.05, 4.69) is 4.90 Å². The van der Waals surface area contributed by atoms with Crippen molar-refractivity contribution in [3.8, 4) is 0 Å². The highest BCUT2D eigenvalue weighted by molar-refractivity contribution is 5.79. The monoisotopic (exact) mass is 303 g/mol. The number of likely N-dealkylation sites (tertiary alicyclic amines) is 1. The summed E-state index contributed by atoms with van der Waals surface area (Å²) in [6, 6.07) is 3.96. The lowest BCUT2D eigenvalue weighted by Gasteiger charge is -2.32. The van der Waals surface area contributed by atoms with Crippen molar-refractivity contribution >= 4 is 5.91 Å². The molecule has 1 aromatic heterocycles. The minimum Gasteiger partial charge on any atom is -0.353 e. The molecule has 1 N–H and O–H groups in total. The summed E-state index contributed by atoms with van der Waals surface area (Å²) < 4.78 is 38.4. The van der Waals surface area contributed by atoms with Crippen molar-refractivity contribution in [1.82, 2.24) is 14.8 Å². The van der Waals surface area contributed by atoms with Crippen molar-refractivity contribution in [3.63, 3.8) is 0 Å². The Labute approximate surface area is 121 Å². The fraction of sp³-hybridized carbons (Fsp3) is 0.643. The molecular weight excluding hydrogens is 283 g/mol. The number of alkyl halides is 3. The number of carbonyl (C=O) groups excluding carboxylic acids is 1. The summed E-state index contributed by atoms with van der Waals surface area (Å²) in [7, 11) is 1.95. The number of rotatable bonds is 4. The van der Waals surface area contributed by atoms with Crippen LogP contribution in [0, 0.1) is 5.92 Å². The number of carbonyl (C=O) groups is 1. The van der Waals surface area contributed by atoms with Crippen molar-refractivity contribution in [1.29, 1.82) is 0 Å². The molecule has 118 valence electrons. The van der Waals surface area contributed by atoms with Gasteiger partial charge in [-0.25, -0.2) is 0 Å². The van der Waals surface area contributed by atoms with Gasteiger partial charge in [-0.05, 0) is 31.5 Å². The third-order valence-electron chi connectivity index (χ3n) is 3.78. The van der Waals surface area contributed by atoms with Crippen LogP contribution in [0.5, 0.6) is 0 Å². The number of hydrogen-bond donors (Lipinski definition) is 1. The van der Waals surface area contributed by atoms with E-state index in [1.54, 1.807) is 0 Å². The van der Waals surface area contributed by atoms with Crippen molar-refractivity contribution < 1.29 is 18.0 Å². The number of nitrogens with zero attached hydrogens (tertiary/aromatic N) is 2. The van der Waals surface area contributed by atoms with Crippen LogP contribution in [-0.4, -0.2) is 41.2 Å². The van der Waals surface area contributed by atoms with Crippen LogP contribution in [0.4, 0.5) is 13.2 Å². The molecule has 1 aromatic rings. The minimum atomic E-state index is -4.35. The molecule has 1 fully saturated rings. The van der Waals surface area contributed by atoms with Gasteiger partial charge >= 0.3 is 6.18 Å². The molecule has 0 saturated carbocycles. The minimum absolute atomic E-state index is 0.360. The number of piperidine rings is 1. The number of aryl methyl sites for hydroxylation is 1. The van der Waals surface area contributed by atoms with Gasteiger partial charge in [-0.2, -0.15) is 13.2 Å². The smallest absolute Gasteiger partial charge is 0.353 e. The lowest BCUT2D eigenvalue weighted by Crippen LogP contribution is -2.45. The zero-order chi connectivity index (χ0) is 15.5. The molecular formula is C14H20F3N3O. The Kier molecular flexibility index (Phi) is 4.92. The van der Waals surface area contributed by atoms with E-state index in [9.17, 15) is 18.0 Å². The maximum atomic E-state index is 12.1. The Balaban J connectivity index is 1.85. The van der Waals surface area contributed by atoms with E-state index in [4.69, 9.17) is 0 Å². The molecule has 1 saturated heterocycles. The Morgan fingerprint density at radius 3 is 2.86 bits per heavy atom. The fourth-order valence-corrected chi connectivity index (χ4v) is 2.63. The predicted octanol–water partition coefficient (Wildman–Crippen LogP) is 1.92. The molecule has 0 radical (unpaired) electrons. The maximum absolute atomic E-state index is 12.1. The lowest BCUT2D eigenvalue weighted by atomic mass is 9.97. The average molecular weight is 303 g/mol. The second kappa shape index (κ2) is 6.51. The van der Waals surface area contributed by atoms with Crippen LogP contribution in [0.2, 0.25) is 0 Å². The van der Waals surface area contributed by atoms with E-state index in [1.165, 1.54) is 0 Å². The molecule has 1 unspecified atom stereocenters. The van der Waals surface area contributed by atoms with Gasteiger partial charge in [-0.15, -0.1) is 0 Å². The highest BCUT2D eigenvalue weighted by atomic mass is 19.4. The van der Waals surface area contributed by atoms with Gasteiger partial charge < -0.3 is 9.88 Å². The first-order valence-corrected chi connectivity index (χ1v) is 7.02. The summed E-state index contributed by atoms with van der Waals surface area (Å²) in [5, 5.41) is 1.99. The molecule has 0 aromatic carbocycles. The normalized spacial score (nSPS) is 20.5. The highest BCUT2D eigenvalue weighted by Gasteiger charge is 2.31. The van der Waals surface area contributed by atoms with Crippen LogP contribution in [0.1, 0.15) is 18.5 Å². The van der Waals surface area contributed by atoms with Crippen LogP contribution in [0.25, 0.3) is 0 Å². The van der Waals surface area contributed by atoms with Crippen LogP contribution in [0.3, 0.4) is 0 Å². The molecule has 1 aliphatic heterocycles. The molecule has 0 bridgehead atoms. The van der Waals surface area contributed by atoms with E-state index in [-0.39, 0.29) is 5.92 Å². The summed E-state index contributed by atoms with van der Waals surface area (Å²) in [6.07, 6.45) is -0.929. The van der Waals surface area contributed by atoms with E-state index in [0.717, 1.165) is 18.7 Å². The van der Waals surface area contributed by atoms with Gasteiger partial charge in [-0.1, -0.05) is 0 Å². The highest BCUT2D eigenvalue weighted by Crippen LogP contribution is 2.19. The predicted molar refractivity (Wildman–Crippen MR) is 72.5 cm³/mol. The standard InChI is InChI=1S/C14H20F3N3O/c1-19-6-3-5-12(19)9-20-7-2-4-11(8-20)13(21)18-10-14(15,16)17/h3,5-6,11H,2,4,7-10H2,1H3,(H,18,21).